The van der Waals surface area contributed by atoms with Crippen LogP contribution >= 0.6 is 11.3 Å². The Bertz CT molecular complexity index is 421. The lowest BCUT2D eigenvalue weighted by atomic mass is 9.94. The highest BCUT2D eigenvalue weighted by Gasteiger charge is 2.32. The summed E-state index contributed by atoms with van der Waals surface area (Å²) in [6, 6.07) is 0. The summed E-state index contributed by atoms with van der Waals surface area (Å²) < 4.78 is 0. The Morgan fingerprint density at radius 1 is 1.67 bits per heavy atom. The predicted molar refractivity (Wildman–Crippen MR) is 68.5 cm³/mol. The van der Waals surface area contributed by atoms with Crippen LogP contribution in [0.4, 0.5) is 0 Å². The Hall–Kier alpha value is -0.980. The fraction of sp³-hybridized carbons (Fsp3) is 0.667. The van der Waals surface area contributed by atoms with Crippen molar-refractivity contribution in [2.45, 2.75) is 32.4 Å². The zero-order chi connectivity index (χ0) is 13.1. The number of thiazole rings is 1. The van der Waals surface area contributed by atoms with Crippen LogP contribution in [-0.4, -0.2) is 45.3 Å². The van der Waals surface area contributed by atoms with E-state index in [-0.39, 0.29) is 0 Å². The van der Waals surface area contributed by atoms with Gasteiger partial charge in [-0.05, 0) is 19.4 Å². The zero-order valence-corrected chi connectivity index (χ0v) is 11.2. The average molecular weight is 270 g/mol. The van der Waals surface area contributed by atoms with E-state index in [0.717, 1.165) is 17.1 Å². The third-order valence-electron chi connectivity index (χ3n) is 3.27. The minimum atomic E-state index is -0.899. The van der Waals surface area contributed by atoms with Gasteiger partial charge in [-0.1, -0.05) is 6.92 Å². The zero-order valence-electron chi connectivity index (χ0n) is 10.4. The summed E-state index contributed by atoms with van der Waals surface area (Å²) in [5.41, 5.74) is 1.01. The summed E-state index contributed by atoms with van der Waals surface area (Å²) in [6.07, 6.45) is 0.663. The third kappa shape index (κ3) is 3.07. The van der Waals surface area contributed by atoms with E-state index in [1.54, 1.807) is 11.3 Å². The first-order chi connectivity index (χ1) is 8.60. The molecule has 1 saturated heterocycles. The highest BCUT2D eigenvalue weighted by Crippen LogP contribution is 2.20. The maximum Gasteiger partial charge on any atom is 0.309 e. The van der Waals surface area contributed by atoms with Gasteiger partial charge >= 0.3 is 5.97 Å². The SMILES string of the molecule is CCc1nc(CN2CC[C@H](C(=O)O)[C@H](O)C2)cs1. The van der Waals surface area contributed by atoms with Gasteiger partial charge in [0, 0.05) is 18.5 Å². The van der Waals surface area contributed by atoms with Crippen molar-refractivity contribution >= 4 is 17.3 Å². The lowest BCUT2D eigenvalue weighted by molar-refractivity contribution is -0.148. The monoisotopic (exact) mass is 270 g/mol. The van der Waals surface area contributed by atoms with E-state index in [4.69, 9.17) is 5.11 Å². The molecule has 100 valence electrons. The number of aliphatic hydroxyl groups excluding tert-OH is 1. The summed E-state index contributed by atoms with van der Waals surface area (Å²) >= 11 is 1.65. The fourth-order valence-electron chi connectivity index (χ4n) is 2.24. The number of rotatable bonds is 4. The number of carboxylic acids is 1. The van der Waals surface area contributed by atoms with Gasteiger partial charge in [0.1, 0.15) is 0 Å². The topological polar surface area (TPSA) is 73.7 Å². The van der Waals surface area contributed by atoms with Crippen LogP contribution in [0.5, 0.6) is 0 Å². The lowest BCUT2D eigenvalue weighted by Gasteiger charge is -2.33. The summed E-state index contributed by atoms with van der Waals surface area (Å²) in [4.78, 5) is 17.4. The van der Waals surface area contributed by atoms with Crippen LogP contribution in [0.2, 0.25) is 0 Å². The van der Waals surface area contributed by atoms with Crippen LogP contribution in [0.15, 0.2) is 5.38 Å². The molecule has 1 aromatic rings. The number of nitrogens with zero attached hydrogens (tertiary/aromatic N) is 2. The van der Waals surface area contributed by atoms with Gasteiger partial charge in [0.2, 0.25) is 0 Å². The van der Waals surface area contributed by atoms with Gasteiger partial charge in [0.15, 0.2) is 0 Å². The van der Waals surface area contributed by atoms with E-state index in [1.807, 2.05) is 5.38 Å². The van der Waals surface area contributed by atoms with E-state index >= 15 is 0 Å². The molecule has 2 heterocycles. The van der Waals surface area contributed by atoms with E-state index in [0.29, 0.717) is 26.1 Å². The molecule has 0 saturated carbocycles. The van der Waals surface area contributed by atoms with Gasteiger partial charge in [-0.25, -0.2) is 4.98 Å². The molecular formula is C12H18N2O3S. The van der Waals surface area contributed by atoms with Gasteiger partial charge in [0.25, 0.3) is 0 Å². The van der Waals surface area contributed by atoms with Crippen molar-refractivity contribution in [3.8, 4) is 0 Å². The molecule has 0 amide bonds. The number of carbonyl (C=O) groups is 1. The maximum absolute atomic E-state index is 10.9. The van der Waals surface area contributed by atoms with Gasteiger partial charge < -0.3 is 10.2 Å². The molecule has 5 nitrogen and oxygen atoms in total. The Kier molecular flexibility index (Phi) is 4.31. The van der Waals surface area contributed by atoms with Crippen LogP contribution in [-0.2, 0) is 17.8 Å². The van der Waals surface area contributed by atoms with Crippen molar-refractivity contribution in [1.29, 1.82) is 0 Å². The number of β-amino-alcohol motifs (C(OH)–C–C–N with tert-alkyl or cyclic N) is 1. The Balaban J connectivity index is 1.90. The highest BCUT2D eigenvalue weighted by molar-refractivity contribution is 7.09. The number of piperidine rings is 1. The fourth-order valence-corrected chi connectivity index (χ4v) is 2.98. The van der Waals surface area contributed by atoms with Crippen molar-refractivity contribution in [3.63, 3.8) is 0 Å². The van der Waals surface area contributed by atoms with Crippen molar-refractivity contribution in [2.24, 2.45) is 5.92 Å². The molecule has 0 radical (unpaired) electrons. The van der Waals surface area contributed by atoms with Crippen LogP contribution in [0.3, 0.4) is 0 Å². The molecule has 0 aromatic carbocycles. The first kappa shape index (κ1) is 13.5. The van der Waals surface area contributed by atoms with E-state index < -0.39 is 18.0 Å². The molecule has 1 aliphatic rings. The Morgan fingerprint density at radius 2 is 2.44 bits per heavy atom. The molecule has 0 unspecified atom stereocenters. The van der Waals surface area contributed by atoms with E-state index in [9.17, 15) is 9.90 Å². The number of aliphatic hydroxyl groups is 1. The van der Waals surface area contributed by atoms with Crippen LogP contribution in [0, 0.1) is 5.92 Å². The molecular weight excluding hydrogens is 252 g/mol. The van der Waals surface area contributed by atoms with Gasteiger partial charge in [-0.15, -0.1) is 11.3 Å². The molecule has 0 bridgehead atoms. The maximum atomic E-state index is 10.9. The smallest absolute Gasteiger partial charge is 0.309 e. The number of aryl methyl sites for hydroxylation is 1. The minimum Gasteiger partial charge on any atom is -0.481 e. The summed E-state index contributed by atoms with van der Waals surface area (Å²) in [5.74, 6) is -1.52. The molecule has 0 spiro atoms. The van der Waals surface area contributed by atoms with Crippen molar-refractivity contribution in [3.05, 3.63) is 16.1 Å². The molecule has 2 atom stereocenters. The number of likely N-dealkylation sites (tertiary alicyclic amines) is 1. The predicted octanol–water partition coefficient (Wildman–Crippen LogP) is 0.973. The Morgan fingerprint density at radius 3 is 3.00 bits per heavy atom. The van der Waals surface area contributed by atoms with Crippen LogP contribution in [0.25, 0.3) is 0 Å². The van der Waals surface area contributed by atoms with Gasteiger partial charge in [-0.3, -0.25) is 9.69 Å². The standard InChI is InChI=1S/C12H18N2O3S/c1-2-11-13-8(7-18-11)5-14-4-3-9(12(16)17)10(15)6-14/h7,9-10,15H,2-6H2,1H3,(H,16,17)/t9-,10+/m0/s1. The number of aliphatic carboxylic acids is 1. The van der Waals surface area contributed by atoms with E-state index in [2.05, 4.69) is 16.8 Å². The van der Waals surface area contributed by atoms with Crippen LogP contribution in [0.1, 0.15) is 24.0 Å². The molecule has 0 aliphatic carbocycles. The summed E-state index contributed by atoms with van der Waals surface area (Å²) in [5, 5.41) is 21.9. The number of hydrogen-bond acceptors (Lipinski definition) is 5. The van der Waals surface area contributed by atoms with Crippen molar-refractivity contribution in [2.75, 3.05) is 13.1 Å². The quantitative estimate of drug-likeness (QED) is 0.853. The third-order valence-corrected chi connectivity index (χ3v) is 4.31. The molecule has 18 heavy (non-hydrogen) atoms. The number of aromatic nitrogens is 1. The normalized spacial score (nSPS) is 25.2. The van der Waals surface area contributed by atoms with Gasteiger partial charge in [0.05, 0.1) is 22.7 Å². The molecule has 1 aromatic heterocycles. The lowest BCUT2D eigenvalue weighted by Crippen LogP contribution is -2.46. The molecule has 2 rings (SSSR count). The summed E-state index contributed by atoms with van der Waals surface area (Å²) in [7, 11) is 0. The van der Waals surface area contributed by atoms with Gasteiger partial charge in [-0.2, -0.15) is 0 Å². The molecule has 1 fully saturated rings. The molecule has 2 N–H and O–H groups in total. The second-order valence-electron chi connectivity index (χ2n) is 4.62. The van der Waals surface area contributed by atoms with Crippen molar-refractivity contribution in [1.82, 2.24) is 9.88 Å². The number of hydrogen-bond donors (Lipinski definition) is 2. The van der Waals surface area contributed by atoms with E-state index in [1.165, 1.54) is 0 Å². The second kappa shape index (κ2) is 5.77. The largest absolute Gasteiger partial charge is 0.481 e. The first-order valence-corrected chi connectivity index (χ1v) is 7.04. The van der Waals surface area contributed by atoms with Crippen molar-refractivity contribution < 1.29 is 15.0 Å². The summed E-state index contributed by atoms with van der Waals surface area (Å²) in [6.45, 7) is 3.88. The number of carboxylic acid groups (broad SMARTS) is 1. The average Bonchev–Trinajstić information content (AvgIpc) is 2.76. The molecule has 6 heteroatoms. The van der Waals surface area contributed by atoms with Crippen LogP contribution < -0.4 is 0 Å². The highest BCUT2D eigenvalue weighted by atomic mass is 32.1. The first-order valence-electron chi connectivity index (χ1n) is 6.16. The minimum absolute atomic E-state index is 0.413. The Labute approximate surface area is 110 Å². The molecule has 1 aliphatic heterocycles. The second-order valence-corrected chi connectivity index (χ2v) is 5.56.